The molecule has 0 fully saturated rings. The fourth-order valence-electron chi connectivity index (χ4n) is 2.22. The first-order valence-electron chi connectivity index (χ1n) is 6.50. The van der Waals surface area contributed by atoms with Crippen molar-refractivity contribution in [1.82, 2.24) is 14.6 Å². The number of nitrogens with zero attached hydrogens (tertiary/aromatic N) is 3. The molecule has 0 saturated heterocycles. The van der Waals surface area contributed by atoms with Gasteiger partial charge < -0.3 is 10.5 Å². The monoisotopic (exact) mass is 288 g/mol. The Morgan fingerprint density at radius 3 is 2.95 bits per heavy atom. The molecule has 0 atom stereocenters. The molecule has 0 aliphatic rings. The van der Waals surface area contributed by atoms with Crippen LogP contribution in [0.25, 0.3) is 16.2 Å². The first kappa shape index (κ1) is 13.1. The van der Waals surface area contributed by atoms with Crippen molar-refractivity contribution in [3.63, 3.8) is 0 Å². The summed E-state index contributed by atoms with van der Waals surface area (Å²) >= 11 is 1.56. The number of benzene rings is 1. The molecule has 2 aromatic heterocycles. The topological polar surface area (TPSA) is 65.4 Å². The van der Waals surface area contributed by atoms with Crippen molar-refractivity contribution < 1.29 is 4.74 Å². The average molecular weight is 288 g/mol. The van der Waals surface area contributed by atoms with E-state index in [0.717, 1.165) is 27.8 Å². The highest BCUT2D eigenvalue weighted by Crippen LogP contribution is 2.34. The molecule has 0 saturated carbocycles. The smallest absolute Gasteiger partial charge is 0.216 e. The molecule has 0 aliphatic heterocycles. The van der Waals surface area contributed by atoms with Gasteiger partial charge >= 0.3 is 0 Å². The van der Waals surface area contributed by atoms with E-state index in [-0.39, 0.29) is 0 Å². The van der Waals surface area contributed by atoms with E-state index in [1.807, 2.05) is 23.5 Å². The number of aryl methyl sites for hydroxylation is 1. The molecule has 2 heterocycles. The van der Waals surface area contributed by atoms with E-state index in [1.165, 1.54) is 5.56 Å². The standard InChI is InChI=1S/C14H16N4OS/c1-3-19-12-5-4-9(2)6-10(12)11-8-20-14-17-16-13(7-15)18(11)14/h4-6,8H,3,7,15H2,1-2H3. The minimum Gasteiger partial charge on any atom is -0.493 e. The summed E-state index contributed by atoms with van der Waals surface area (Å²) in [6, 6.07) is 6.17. The van der Waals surface area contributed by atoms with Crippen molar-refractivity contribution in [2.75, 3.05) is 6.61 Å². The number of aromatic nitrogens is 3. The molecule has 5 nitrogen and oxygen atoms in total. The Hall–Kier alpha value is -1.92. The lowest BCUT2D eigenvalue weighted by molar-refractivity contribution is 0.341. The van der Waals surface area contributed by atoms with Crippen LogP contribution < -0.4 is 10.5 Å². The van der Waals surface area contributed by atoms with Gasteiger partial charge in [0, 0.05) is 10.9 Å². The third kappa shape index (κ3) is 2.07. The van der Waals surface area contributed by atoms with Gasteiger partial charge in [-0.15, -0.1) is 21.5 Å². The van der Waals surface area contributed by atoms with Crippen LogP contribution in [0.15, 0.2) is 23.6 Å². The van der Waals surface area contributed by atoms with Crippen LogP contribution >= 0.6 is 11.3 Å². The number of fused-ring (bicyclic) bond motifs is 1. The second-order valence-corrected chi connectivity index (χ2v) is 5.33. The van der Waals surface area contributed by atoms with Gasteiger partial charge in [0.25, 0.3) is 0 Å². The second-order valence-electron chi connectivity index (χ2n) is 4.49. The maximum Gasteiger partial charge on any atom is 0.216 e. The number of hydrogen-bond acceptors (Lipinski definition) is 5. The zero-order chi connectivity index (χ0) is 14.1. The van der Waals surface area contributed by atoms with Crippen molar-refractivity contribution in [3.8, 4) is 17.0 Å². The molecule has 0 bridgehead atoms. The number of thiazole rings is 1. The van der Waals surface area contributed by atoms with E-state index in [0.29, 0.717) is 13.2 Å². The highest BCUT2D eigenvalue weighted by Gasteiger charge is 2.15. The summed E-state index contributed by atoms with van der Waals surface area (Å²) in [6.45, 7) is 5.05. The van der Waals surface area contributed by atoms with Crippen LogP contribution in [0, 0.1) is 6.92 Å². The largest absolute Gasteiger partial charge is 0.493 e. The summed E-state index contributed by atoms with van der Waals surface area (Å²) in [6.07, 6.45) is 0. The molecule has 1 aromatic carbocycles. The Labute approximate surface area is 121 Å². The molecular formula is C14H16N4OS. The van der Waals surface area contributed by atoms with Crippen LogP contribution in [0.5, 0.6) is 5.75 Å². The highest BCUT2D eigenvalue weighted by atomic mass is 32.1. The van der Waals surface area contributed by atoms with Gasteiger partial charge in [0.05, 0.1) is 18.8 Å². The Bertz CT molecular complexity index is 747. The van der Waals surface area contributed by atoms with Crippen LogP contribution in [0.4, 0.5) is 0 Å². The summed E-state index contributed by atoms with van der Waals surface area (Å²) in [4.78, 5) is 0.851. The van der Waals surface area contributed by atoms with E-state index < -0.39 is 0 Å². The van der Waals surface area contributed by atoms with Gasteiger partial charge in [-0.05, 0) is 26.0 Å². The molecule has 2 N–H and O–H groups in total. The Balaban J connectivity index is 2.24. The first-order valence-corrected chi connectivity index (χ1v) is 7.38. The lowest BCUT2D eigenvalue weighted by Crippen LogP contribution is -2.03. The fourth-order valence-corrected chi connectivity index (χ4v) is 3.07. The van der Waals surface area contributed by atoms with Crippen LogP contribution in [0.3, 0.4) is 0 Å². The van der Waals surface area contributed by atoms with Gasteiger partial charge in [-0.1, -0.05) is 11.6 Å². The molecule has 0 radical (unpaired) electrons. The molecule has 104 valence electrons. The van der Waals surface area contributed by atoms with E-state index >= 15 is 0 Å². The zero-order valence-electron chi connectivity index (χ0n) is 11.5. The van der Waals surface area contributed by atoms with E-state index in [1.54, 1.807) is 11.3 Å². The van der Waals surface area contributed by atoms with Gasteiger partial charge in [0.15, 0.2) is 5.82 Å². The third-order valence-corrected chi connectivity index (χ3v) is 3.93. The number of nitrogens with two attached hydrogens (primary N) is 1. The van der Waals surface area contributed by atoms with E-state index in [2.05, 4.69) is 28.6 Å². The second kappa shape index (κ2) is 5.22. The molecule has 0 aliphatic carbocycles. The highest BCUT2D eigenvalue weighted by molar-refractivity contribution is 7.15. The lowest BCUT2D eigenvalue weighted by atomic mass is 10.1. The summed E-state index contributed by atoms with van der Waals surface area (Å²) in [5.74, 6) is 1.63. The predicted octanol–water partition coefficient (Wildman–Crippen LogP) is 2.62. The minimum atomic E-state index is 0.362. The summed E-state index contributed by atoms with van der Waals surface area (Å²) in [5.41, 5.74) is 9.01. The summed E-state index contributed by atoms with van der Waals surface area (Å²) in [7, 11) is 0. The zero-order valence-corrected chi connectivity index (χ0v) is 12.3. The molecular weight excluding hydrogens is 272 g/mol. The number of rotatable bonds is 4. The molecule has 0 spiro atoms. The minimum absolute atomic E-state index is 0.362. The van der Waals surface area contributed by atoms with Crippen LogP contribution in [-0.4, -0.2) is 21.2 Å². The third-order valence-electron chi connectivity index (χ3n) is 3.11. The summed E-state index contributed by atoms with van der Waals surface area (Å²) < 4.78 is 7.74. The predicted molar refractivity (Wildman–Crippen MR) is 80.1 cm³/mol. The maximum absolute atomic E-state index is 5.74. The molecule has 3 rings (SSSR count). The molecule has 20 heavy (non-hydrogen) atoms. The van der Waals surface area contributed by atoms with E-state index in [4.69, 9.17) is 10.5 Å². The van der Waals surface area contributed by atoms with Gasteiger partial charge in [-0.25, -0.2) is 0 Å². The molecule has 3 aromatic rings. The lowest BCUT2D eigenvalue weighted by Gasteiger charge is -2.11. The van der Waals surface area contributed by atoms with Gasteiger partial charge in [-0.2, -0.15) is 0 Å². The van der Waals surface area contributed by atoms with Gasteiger partial charge in [-0.3, -0.25) is 4.40 Å². The van der Waals surface area contributed by atoms with Crippen LogP contribution in [0.2, 0.25) is 0 Å². The van der Waals surface area contributed by atoms with Crippen molar-refractivity contribution >= 4 is 16.3 Å². The SMILES string of the molecule is CCOc1ccc(C)cc1-c1csc2nnc(CN)n12. The van der Waals surface area contributed by atoms with E-state index in [9.17, 15) is 0 Å². The summed E-state index contributed by atoms with van der Waals surface area (Å²) in [5, 5.41) is 10.3. The van der Waals surface area contributed by atoms with Crippen molar-refractivity contribution in [3.05, 3.63) is 35.0 Å². The Morgan fingerprint density at radius 2 is 2.20 bits per heavy atom. The Morgan fingerprint density at radius 1 is 1.35 bits per heavy atom. The quantitative estimate of drug-likeness (QED) is 0.801. The van der Waals surface area contributed by atoms with Crippen molar-refractivity contribution in [2.45, 2.75) is 20.4 Å². The Kier molecular flexibility index (Phi) is 3.42. The van der Waals surface area contributed by atoms with Crippen LogP contribution in [-0.2, 0) is 6.54 Å². The van der Waals surface area contributed by atoms with Crippen molar-refractivity contribution in [1.29, 1.82) is 0 Å². The number of ether oxygens (including phenoxy) is 1. The van der Waals surface area contributed by atoms with Gasteiger partial charge in [0.2, 0.25) is 4.96 Å². The molecule has 0 amide bonds. The molecule has 6 heteroatoms. The normalized spacial score (nSPS) is 11.2. The molecule has 0 unspecified atom stereocenters. The van der Waals surface area contributed by atoms with Gasteiger partial charge in [0.1, 0.15) is 5.75 Å². The first-order chi connectivity index (χ1) is 9.74. The van der Waals surface area contributed by atoms with Crippen molar-refractivity contribution in [2.24, 2.45) is 5.73 Å². The maximum atomic E-state index is 5.74. The average Bonchev–Trinajstić information content (AvgIpc) is 3.02. The fraction of sp³-hybridized carbons (Fsp3) is 0.286. The van der Waals surface area contributed by atoms with Crippen LogP contribution in [0.1, 0.15) is 18.3 Å². The number of hydrogen-bond donors (Lipinski definition) is 1.